The molecule has 3 aliphatic heterocycles. The summed E-state index contributed by atoms with van der Waals surface area (Å²) in [5, 5.41) is 23.4. The highest BCUT2D eigenvalue weighted by molar-refractivity contribution is 5.96. The molecule has 0 saturated carbocycles. The predicted octanol–water partition coefficient (Wildman–Crippen LogP) is 4.52. The van der Waals surface area contributed by atoms with E-state index in [1.807, 2.05) is 66.7 Å². The highest BCUT2D eigenvalue weighted by Gasteiger charge is 2.36. The highest BCUT2D eigenvalue weighted by Crippen LogP contribution is 2.26. The van der Waals surface area contributed by atoms with Crippen LogP contribution in [0.2, 0.25) is 0 Å². The molecule has 10 rings (SSSR count). The Kier molecular flexibility index (Phi) is 20.5. The number of amides is 2. The van der Waals surface area contributed by atoms with Crippen LogP contribution in [0, 0.1) is 0 Å². The van der Waals surface area contributed by atoms with Gasteiger partial charge in [-0.3, -0.25) is 39.2 Å². The zero-order chi connectivity index (χ0) is 55.9. The van der Waals surface area contributed by atoms with Crippen LogP contribution in [0.25, 0.3) is 0 Å². The fourth-order valence-corrected chi connectivity index (χ4v) is 8.00. The Hall–Kier alpha value is -8.96. The average Bonchev–Trinajstić information content (AvgIpc) is 4.07. The topological polar surface area (TPSA) is 322 Å². The van der Waals surface area contributed by atoms with Gasteiger partial charge in [-0.15, -0.1) is 17.5 Å². The minimum Gasteiger partial charge on any atom is -0.487 e. The number of halogens is 1. The van der Waals surface area contributed by atoms with Crippen LogP contribution >= 0.6 is 12.4 Å². The Morgan fingerprint density at radius 1 is 0.684 bits per heavy atom. The second kappa shape index (κ2) is 27.4. The summed E-state index contributed by atoms with van der Waals surface area (Å²) in [4.78, 5) is 91.8. The normalized spacial score (nSPS) is 19.0. The van der Waals surface area contributed by atoms with Crippen molar-refractivity contribution in [1.29, 1.82) is 0 Å². The number of carboxylic acids is 1. The molecule has 5 aromatic heterocycles. The molecule has 24 heteroatoms. The molecule has 2 aromatic carbocycles. The maximum Gasteiger partial charge on any atom is 0.408 e. The van der Waals surface area contributed by atoms with Crippen LogP contribution in [-0.4, -0.2) is 123 Å². The number of ketones is 3. The monoisotopic (exact) mass is 1100 g/mol. The van der Waals surface area contributed by atoms with Gasteiger partial charge in [0.2, 0.25) is 5.82 Å². The number of hydrogen-bond donors (Lipinski definition) is 6. The molecule has 0 spiro atoms. The van der Waals surface area contributed by atoms with E-state index >= 15 is 0 Å². The number of aromatic carboxylic acids is 1. The summed E-state index contributed by atoms with van der Waals surface area (Å²) in [6, 6.07) is 28.0. The van der Waals surface area contributed by atoms with Crippen molar-refractivity contribution < 1.29 is 57.5 Å². The van der Waals surface area contributed by atoms with Gasteiger partial charge in [0, 0.05) is 25.0 Å². The molecule has 0 unspecified atom stereocenters. The van der Waals surface area contributed by atoms with Gasteiger partial charge in [-0.1, -0.05) is 60.7 Å². The summed E-state index contributed by atoms with van der Waals surface area (Å²) in [5.74, 6) is 0.404. The van der Waals surface area contributed by atoms with Crippen LogP contribution in [0.1, 0.15) is 96.8 Å². The number of aromatic amines is 2. The van der Waals surface area contributed by atoms with Crippen molar-refractivity contribution >= 4 is 47.7 Å². The minimum atomic E-state index is -1.05. The summed E-state index contributed by atoms with van der Waals surface area (Å²) in [5.41, 5.74) is 9.05. The van der Waals surface area contributed by atoms with Crippen LogP contribution < -0.4 is 35.3 Å². The van der Waals surface area contributed by atoms with Crippen molar-refractivity contribution in [2.24, 2.45) is 5.73 Å². The highest BCUT2D eigenvalue weighted by atomic mass is 35.5. The molecule has 79 heavy (non-hydrogen) atoms. The minimum absolute atomic E-state index is 0. The second-order valence-corrected chi connectivity index (χ2v) is 19.2. The van der Waals surface area contributed by atoms with E-state index < -0.39 is 53.9 Å². The van der Waals surface area contributed by atoms with E-state index in [9.17, 15) is 28.8 Å². The third kappa shape index (κ3) is 17.0. The molecule has 0 bridgehead atoms. The molecular formula is C55H62ClN12O11+. The van der Waals surface area contributed by atoms with Gasteiger partial charge in [0.1, 0.15) is 71.7 Å². The molecule has 0 radical (unpaired) electrons. The molecule has 8 heterocycles. The van der Waals surface area contributed by atoms with E-state index in [2.05, 4.69) is 50.8 Å². The zero-order valence-corrected chi connectivity index (χ0v) is 45.0. The number of hydrogen-bond acceptors (Lipinski definition) is 17. The summed E-state index contributed by atoms with van der Waals surface area (Å²) in [6.07, 6.45) is 5.42. The maximum absolute atomic E-state index is 12.6. The predicted molar refractivity (Wildman–Crippen MR) is 286 cm³/mol. The lowest BCUT2D eigenvalue weighted by atomic mass is 10.0. The first kappa shape index (κ1) is 59.3. The van der Waals surface area contributed by atoms with E-state index in [1.54, 1.807) is 95.1 Å². The Morgan fingerprint density at radius 2 is 1.16 bits per heavy atom. The first-order chi connectivity index (χ1) is 37.3. The number of alkyl carbamates (subject to hydrolysis) is 1. The number of carbonyl (C=O) groups is 6. The van der Waals surface area contributed by atoms with Gasteiger partial charge in [-0.25, -0.2) is 14.6 Å². The van der Waals surface area contributed by atoms with Crippen molar-refractivity contribution in [1.82, 2.24) is 50.8 Å². The zero-order valence-electron chi connectivity index (χ0n) is 44.2. The van der Waals surface area contributed by atoms with Crippen LogP contribution in [0.4, 0.5) is 4.79 Å². The first-order valence-corrected chi connectivity index (χ1v) is 24.9. The lowest BCUT2D eigenvalue weighted by Gasteiger charge is -2.25. The molecule has 3 aliphatic rings. The summed E-state index contributed by atoms with van der Waals surface area (Å²) in [6.45, 7) is 11.2. The number of carbonyl (C=O) groups excluding carboxylic acids is 5. The molecule has 2 amide bonds. The second-order valence-electron chi connectivity index (χ2n) is 19.2. The molecule has 23 nitrogen and oxygen atoms in total. The molecular weight excluding hydrogens is 1040 g/mol. The molecule has 0 aliphatic carbocycles. The smallest absolute Gasteiger partial charge is 0.408 e. The van der Waals surface area contributed by atoms with E-state index in [-0.39, 0.29) is 66.8 Å². The van der Waals surface area contributed by atoms with Crippen molar-refractivity contribution in [3.05, 3.63) is 168 Å². The average molecular weight is 1100 g/mol. The molecule has 7 N–H and O–H groups in total. The van der Waals surface area contributed by atoms with E-state index in [4.69, 9.17) is 29.8 Å². The van der Waals surface area contributed by atoms with Crippen LogP contribution in [0.5, 0.6) is 17.2 Å². The van der Waals surface area contributed by atoms with E-state index in [0.29, 0.717) is 53.1 Å². The fourth-order valence-electron chi connectivity index (χ4n) is 8.00. The Bertz CT molecular complexity index is 3210. The van der Waals surface area contributed by atoms with Gasteiger partial charge in [-0.2, -0.15) is 9.78 Å². The largest absolute Gasteiger partial charge is 0.487 e. The quantitative estimate of drug-likeness (QED) is 0.114. The standard InChI is InChI=1S/C20H19N5O3.C15H20N2O4.C10H9N3O2.C10H12N2O2.ClH/c1-12-18(15(26)11-14-16(28-12)8-5-9-21-14)23-20(27)19-22-17(24-25-19)10-13-6-3-2-4-7-13;1-9-13(17-14(19)21-15(2,3)4)11(18)8-10-12(20-9)6-5-7-16-10;14-10(15)9-11-7-13(12-9)6-8-4-2-1-3-5-8;1-6-10(11)8(13)5-7-9(14-6)3-2-4-12-7;/h2-9,12,18H,10-11H2,1H3,(H,23,27)(H,22,24,25);5-7,9,13H,8H2,1-4H3,(H,17,19);1-5,7H,6H2,(H,14,15);2-4,6,10H,5,11H2,1H3;1H/p+1/t12-,18+;9-,13+;;6-,10+;/m11.1./s1. The third-order valence-electron chi connectivity index (χ3n) is 11.9. The van der Waals surface area contributed by atoms with Gasteiger partial charge >= 0.3 is 24.2 Å². The molecule has 6 atom stereocenters. The van der Waals surface area contributed by atoms with Crippen LogP contribution in [-0.2, 0) is 51.3 Å². The number of benzene rings is 2. The fraction of sp³-hybridized carbons (Fsp3) is 0.327. The number of rotatable bonds is 8. The molecule has 7 aromatic rings. The van der Waals surface area contributed by atoms with Gasteiger partial charge < -0.3 is 40.4 Å². The number of pyridine rings is 3. The van der Waals surface area contributed by atoms with Gasteiger partial charge in [-0.05, 0) is 94.1 Å². The molecule has 0 fully saturated rings. The number of aromatic nitrogens is 9. The Balaban J connectivity index is 0.000000176. The summed E-state index contributed by atoms with van der Waals surface area (Å²) >= 11 is 0. The number of carboxylic acid groups (broad SMARTS) is 1. The van der Waals surface area contributed by atoms with Crippen molar-refractivity contribution in [3.8, 4) is 17.2 Å². The van der Waals surface area contributed by atoms with Gasteiger partial charge in [0.15, 0.2) is 17.3 Å². The maximum atomic E-state index is 12.6. The summed E-state index contributed by atoms with van der Waals surface area (Å²) < 4.78 is 23.9. The Labute approximate surface area is 460 Å². The van der Waals surface area contributed by atoms with Crippen LogP contribution in [0.15, 0.2) is 122 Å². The lowest BCUT2D eigenvalue weighted by molar-refractivity contribution is -0.743. The number of Topliss-reactive ketones (excluding diaryl/α,β-unsaturated/α-hetero) is 3. The molecule has 0 saturated heterocycles. The van der Waals surface area contributed by atoms with E-state index in [1.165, 1.54) is 6.33 Å². The molecule has 414 valence electrons. The van der Waals surface area contributed by atoms with Gasteiger partial charge in [0.05, 0.1) is 36.3 Å². The first-order valence-electron chi connectivity index (χ1n) is 24.9. The lowest BCUT2D eigenvalue weighted by Crippen LogP contribution is -2.50. The van der Waals surface area contributed by atoms with Crippen molar-refractivity contribution in [3.63, 3.8) is 0 Å². The van der Waals surface area contributed by atoms with Crippen molar-refractivity contribution in [2.45, 2.75) is 116 Å². The van der Waals surface area contributed by atoms with Crippen molar-refractivity contribution in [2.75, 3.05) is 0 Å². The summed E-state index contributed by atoms with van der Waals surface area (Å²) in [7, 11) is 0. The number of nitrogens with two attached hydrogens (primary N) is 1. The van der Waals surface area contributed by atoms with Crippen LogP contribution in [0.3, 0.4) is 0 Å². The number of nitrogens with zero attached hydrogens (tertiary/aromatic N) is 7. The number of ether oxygens (including phenoxy) is 4. The third-order valence-corrected chi connectivity index (χ3v) is 11.9. The van der Waals surface area contributed by atoms with E-state index in [0.717, 1.165) is 11.1 Å². The Morgan fingerprint density at radius 3 is 1.66 bits per heavy atom. The SMILES string of the molecule is C[C@H]1Oc2cccnc2CC(=O)[C@H]1N.C[C@H]1Oc2cccnc2CC(=O)[C@H]1NC(=O)OC(C)(C)C.C[C@H]1Oc2cccnc2CC(=O)[C@H]1NC(=O)c1n[nH]c(Cc2ccccc2)n1.Cl.O=C(O)c1nc[n+](Cc2ccccc2)[nH]1. The number of nitrogens with one attached hydrogen (secondary N) is 4. The van der Waals surface area contributed by atoms with Gasteiger partial charge in [0.25, 0.3) is 5.91 Å². The number of fused-ring (bicyclic) bond motifs is 3. The number of H-pyrrole nitrogens is 2.